The zero-order valence-electron chi connectivity index (χ0n) is 20.1. The third-order valence-corrected chi connectivity index (χ3v) is 7.52. The van der Waals surface area contributed by atoms with Crippen LogP contribution in [0.5, 0.6) is 0 Å². The maximum absolute atomic E-state index is 14.9. The van der Waals surface area contributed by atoms with Gasteiger partial charge < -0.3 is 4.74 Å². The molecule has 0 bridgehead atoms. The van der Waals surface area contributed by atoms with Crippen LogP contribution in [0.25, 0.3) is 11.1 Å². The summed E-state index contributed by atoms with van der Waals surface area (Å²) in [5, 5.41) is 0. The molecule has 5 rings (SSSR count). The fraction of sp³-hybridized carbons (Fsp3) is 0.355. The molecule has 0 amide bonds. The predicted octanol–water partition coefficient (Wildman–Crippen LogP) is 8.48. The van der Waals surface area contributed by atoms with E-state index in [9.17, 15) is 13.2 Å². The molecule has 1 nitrogen and oxygen atoms in total. The van der Waals surface area contributed by atoms with Crippen LogP contribution in [0.1, 0.15) is 66.9 Å². The molecule has 0 spiro atoms. The maximum atomic E-state index is 14.9. The van der Waals surface area contributed by atoms with Crippen LogP contribution in [0.4, 0.5) is 13.2 Å². The van der Waals surface area contributed by atoms with Crippen LogP contribution in [0.2, 0.25) is 0 Å². The van der Waals surface area contributed by atoms with Gasteiger partial charge in [-0.3, -0.25) is 0 Å². The molecule has 2 aliphatic rings. The smallest absolute Gasteiger partial charge is 0.162 e. The van der Waals surface area contributed by atoms with E-state index in [-0.39, 0.29) is 17.8 Å². The summed E-state index contributed by atoms with van der Waals surface area (Å²) >= 11 is 0. The first-order valence-corrected chi connectivity index (χ1v) is 12.6. The van der Waals surface area contributed by atoms with Gasteiger partial charge >= 0.3 is 0 Å². The first-order valence-electron chi connectivity index (χ1n) is 12.6. The topological polar surface area (TPSA) is 12.5 Å². The van der Waals surface area contributed by atoms with Gasteiger partial charge in [-0.25, -0.2) is 13.2 Å². The van der Waals surface area contributed by atoms with E-state index in [2.05, 4.69) is 12.2 Å². The lowest BCUT2D eigenvalue weighted by molar-refractivity contribution is 0.363. The second-order valence-corrected chi connectivity index (χ2v) is 9.83. The van der Waals surface area contributed by atoms with Crippen LogP contribution in [0.3, 0.4) is 0 Å². The second kappa shape index (κ2) is 10.4. The molecule has 1 atom stereocenters. The molecule has 0 N–H and O–H groups in total. The molecule has 0 radical (unpaired) electrons. The van der Waals surface area contributed by atoms with E-state index >= 15 is 0 Å². The molecule has 4 heteroatoms. The number of epoxide rings is 1. The lowest BCUT2D eigenvalue weighted by Gasteiger charge is -2.27. The van der Waals surface area contributed by atoms with Crippen molar-refractivity contribution in [1.29, 1.82) is 0 Å². The highest BCUT2D eigenvalue weighted by molar-refractivity contribution is 5.64. The lowest BCUT2D eigenvalue weighted by atomic mass is 9.78. The fourth-order valence-electron chi connectivity index (χ4n) is 5.35. The summed E-state index contributed by atoms with van der Waals surface area (Å²) in [6.45, 7) is 2.61. The molecule has 182 valence electrons. The molecule has 1 saturated carbocycles. The van der Waals surface area contributed by atoms with Crippen molar-refractivity contribution >= 4 is 0 Å². The minimum absolute atomic E-state index is 0.100. The minimum Gasteiger partial charge on any atom is -0.368 e. The van der Waals surface area contributed by atoms with Gasteiger partial charge in [0.25, 0.3) is 0 Å². The van der Waals surface area contributed by atoms with Gasteiger partial charge in [0, 0.05) is 5.56 Å². The monoisotopic (exact) mass is 476 g/mol. The number of aryl methyl sites for hydroxylation is 2. The lowest BCUT2D eigenvalue weighted by Crippen LogP contribution is -2.14. The SMILES string of the molecule is C/C=C/C1CCC(c2ccc(CCc3ccc(-c4ccc(C5CO5)c(F)c4)cc3)c(F)c2F)CC1. The Labute approximate surface area is 205 Å². The van der Waals surface area contributed by atoms with E-state index in [1.165, 1.54) is 0 Å². The Balaban J connectivity index is 1.22. The third-order valence-electron chi connectivity index (χ3n) is 7.52. The molecule has 1 saturated heterocycles. The summed E-state index contributed by atoms with van der Waals surface area (Å²) < 4.78 is 49.4. The van der Waals surface area contributed by atoms with E-state index in [1.54, 1.807) is 24.3 Å². The summed E-state index contributed by atoms with van der Waals surface area (Å²) in [4.78, 5) is 0. The van der Waals surface area contributed by atoms with E-state index < -0.39 is 11.6 Å². The number of benzene rings is 3. The zero-order chi connectivity index (χ0) is 24.4. The third kappa shape index (κ3) is 5.38. The normalized spacial score (nSPS) is 22.0. The molecule has 3 aromatic carbocycles. The molecular formula is C31H31F3O. The molecule has 1 aliphatic heterocycles. The van der Waals surface area contributed by atoms with Gasteiger partial charge in [-0.1, -0.05) is 60.7 Å². The van der Waals surface area contributed by atoms with E-state index in [0.717, 1.165) is 42.4 Å². The van der Waals surface area contributed by atoms with Crippen molar-refractivity contribution in [3.05, 3.63) is 106 Å². The highest BCUT2D eigenvalue weighted by Crippen LogP contribution is 2.38. The molecule has 1 heterocycles. The summed E-state index contributed by atoms with van der Waals surface area (Å²) in [7, 11) is 0. The van der Waals surface area contributed by atoms with Crippen LogP contribution >= 0.6 is 0 Å². The number of allylic oxidation sites excluding steroid dienone is 2. The molecule has 0 aromatic heterocycles. The quantitative estimate of drug-likeness (QED) is 0.246. The summed E-state index contributed by atoms with van der Waals surface area (Å²) in [5.41, 5.74) is 4.30. The van der Waals surface area contributed by atoms with Gasteiger partial charge in [-0.15, -0.1) is 0 Å². The Hall–Kier alpha value is -2.85. The Morgan fingerprint density at radius 3 is 2.14 bits per heavy atom. The average Bonchev–Trinajstić information content (AvgIpc) is 3.71. The first-order chi connectivity index (χ1) is 17.0. The number of hydrogen-bond donors (Lipinski definition) is 0. The van der Waals surface area contributed by atoms with Crippen molar-refractivity contribution in [2.75, 3.05) is 6.61 Å². The van der Waals surface area contributed by atoms with Gasteiger partial charge in [0.2, 0.25) is 0 Å². The fourth-order valence-corrected chi connectivity index (χ4v) is 5.35. The first kappa shape index (κ1) is 23.9. The highest BCUT2D eigenvalue weighted by Gasteiger charge is 2.28. The predicted molar refractivity (Wildman–Crippen MR) is 134 cm³/mol. The number of rotatable bonds is 7. The molecule has 1 unspecified atom stereocenters. The van der Waals surface area contributed by atoms with Crippen molar-refractivity contribution in [3.63, 3.8) is 0 Å². The van der Waals surface area contributed by atoms with Gasteiger partial charge in [0.15, 0.2) is 11.6 Å². The minimum atomic E-state index is -0.704. The standard InChI is InChI=1S/C31H31F3O/c1-2-3-20-6-11-23(12-7-20)26-16-14-24(30(33)31(26)34)13-8-21-4-9-22(10-5-21)25-15-17-27(28(32)18-25)29-19-35-29/h2-5,9-10,14-18,20,23,29H,6-8,11-13,19H2,1H3/b3-2+. The Kier molecular flexibility index (Phi) is 7.10. The van der Waals surface area contributed by atoms with E-state index in [0.29, 0.717) is 42.1 Å². The molecule has 3 aromatic rings. The highest BCUT2D eigenvalue weighted by atomic mass is 19.2. The van der Waals surface area contributed by atoms with E-state index in [1.807, 2.05) is 37.3 Å². The average molecular weight is 477 g/mol. The molecular weight excluding hydrogens is 445 g/mol. The Morgan fingerprint density at radius 2 is 1.49 bits per heavy atom. The Bertz CT molecular complexity index is 1200. The number of ether oxygens (including phenoxy) is 1. The van der Waals surface area contributed by atoms with Crippen molar-refractivity contribution in [2.45, 2.75) is 57.5 Å². The van der Waals surface area contributed by atoms with Crippen molar-refractivity contribution in [1.82, 2.24) is 0 Å². The van der Waals surface area contributed by atoms with Crippen molar-refractivity contribution in [3.8, 4) is 11.1 Å². The zero-order valence-corrected chi connectivity index (χ0v) is 20.1. The second-order valence-electron chi connectivity index (χ2n) is 9.83. The summed E-state index contributed by atoms with van der Waals surface area (Å²) in [6.07, 6.45) is 9.09. The van der Waals surface area contributed by atoms with Crippen LogP contribution < -0.4 is 0 Å². The summed E-state index contributed by atoms with van der Waals surface area (Å²) in [5.74, 6) is -0.964. The molecule has 2 fully saturated rings. The van der Waals surface area contributed by atoms with Gasteiger partial charge in [-0.2, -0.15) is 0 Å². The van der Waals surface area contributed by atoms with Crippen LogP contribution in [-0.4, -0.2) is 6.61 Å². The van der Waals surface area contributed by atoms with Crippen LogP contribution in [-0.2, 0) is 17.6 Å². The van der Waals surface area contributed by atoms with Crippen molar-refractivity contribution in [2.24, 2.45) is 5.92 Å². The summed E-state index contributed by atoms with van der Waals surface area (Å²) in [6, 6.07) is 16.6. The van der Waals surface area contributed by atoms with Gasteiger partial charge in [0.05, 0.1) is 6.61 Å². The molecule has 1 aliphatic carbocycles. The van der Waals surface area contributed by atoms with Gasteiger partial charge in [0.1, 0.15) is 11.9 Å². The van der Waals surface area contributed by atoms with Crippen molar-refractivity contribution < 1.29 is 17.9 Å². The van der Waals surface area contributed by atoms with Crippen LogP contribution in [0.15, 0.2) is 66.7 Å². The number of halogens is 3. The number of hydrogen-bond acceptors (Lipinski definition) is 1. The maximum Gasteiger partial charge on any atom is 0.162 e. The molecule has 35 heavy (non-hydrogen) atoms. The van der Waals surface area contributed by atoms with E-state index in [4.69, 9.17) is 4.74 Å². The van der Waals surface area contributed by atoms with Crippen LogP contribution in [0, 0.1) is 23.4 Å². The largest absolute Gasteiger partial charge is 0.368 e. The Morgan fingerprint density at radius 1 is 0.800 bits per heavy atom. The van der Waals surface area contributed by atoms with Gasteiger partial charge in [-0.05, 0) is 91.2 Å².